The van der Waals surface area contributed by atoms with Gasteiger partial charge in [-0.25, -0.2) is 8.78 Å². The third kappa shape index (κ3) is 2.98. The van der Waals surface area contributed by atoms with Crippen LogP contribution in [0.1, 0.15) is 32.3 Å². The van der Waals surface area contributed by atoms with E-state index in [1.807, 2.05) is 25.7 Å². The first kappa shape index (κ1) is 14.9. The quantitative estimate of drug-likeness (QED) is 0.907. The van der Waals surface area contributed by atoms with Crippen molar-refractivity contribution in [2.75, 3.05) is 13.1 Å². The first-order chi connectivity index (χ1) is 9.18. The molecule has 0 saturated carbocycles. The van der Waals surface area contributed by atoms with Crippen LogP contribution in [0.5, 0.6) is 0 Å². The molecule has 1 aliphatic rings. The lowest BCUT2D eigenvalue weighted by Gasteiger charge is -2.31. The third-order valence-electron chi connectivity index (χ3n) is 3.90. The van der Waals surface area contributed by atoms with Crippen LogP contribution in [0.4, 0.5) is 8.78 Å². The highest BCUT2D eigenvalue weighted by Gasteiger charge is 2.42. The van der Waals surface area contributed by atoms with Gasteiger partial charge < -0.3 is 5.11 Å². The Bertz CT molecular complexity index is 505. The van der Waals surface area contributed by atoms with Crippen molar-refractivity contribution in [3.8, 4) is 0 Å². The summed E-state index contributed by atoms with van der Waals surface area (Å²) in [7, 11) is 0. The molecule has 0 amide bonds. The van der Waals surface area contributed by atoms with Gasteiger partial charge in [-0.2, -0.15) is 0 Å². The monoisotopic (exact) mass is 283 g/mol. The molecule has 2 rings (SSSR count). The fraction of sp³-hybridized carbons (Fsp3) is 0.533. The number of aliphatic carboxylic acids is 1. The number of hydrogen-bond acceptors (Lipinski definition) is 2. The van der Waals surface area contributed by atoms with Gasteiger partial charge in [-0.05, 0) is 38.5 Å². The van der Waals surface area contributed by atoms with Crippen molar-refractivity contribution in [1.29, 1.82) is 0 Å². The van der Waals surface area contributed by atoms with Crippen LogP contribution in [0.2, 0.25) is 0 Å². The number of carbonyl (C=O) groups is 1. The number of halogens is 2. The van der Waals surface area contributed by atoms with Crippen molar-refractivity contribution in [2.24, 2.45) is 5.92 Å². The number of carboxylic acids is 1. The van der Waals surface area contributed by atoms with E-state index in [0.29, 0.717) is 18.7 Å². The van der Waals surface area contributed by atoms with E-state index in [0.717, 1.165) is 6.07 Å². The molecule has 0 bridgehead atoms. The highest BCUT2D eigenvalue weighted by Crippen LogP contribution is 2.36. The minimum absolute atomic E-state index is 0.172. The molecule has 5 heteroatoms. The van der Waals surface area contributed by atoms with Crippen molar-refractivity contribution >= 4 is 5.97 Å². The highest BCUT2D eigenvalue weighted by atomic mass is 19.1. The van der Waals surface area contributed by atoms with Crippen LogP contribution in [0.25, 0.3) is 0 Å². The smallest absolute Gasteiger partial charge is 0.308 e. The Morgan fingerprint density at radius 1 is 1.20 bits per heavy atom. The maximum absolute atomic E-state index is 13.3. The van der Waals surface area contributed by atoms with Gasteiger partial charge >= 0.3 is 5.97 Å². The number of benzene rings is 1. The van der Waals surface area contributed by atoms with Crippen molar-refractivity contribution < 1.29 is 18.7 Å². The van der Waals surface area contributed by atoms with Crippen molar-refractivity contribution in [2.45, 2.75) is 32.2 Å². The lowest BCUT2D eigenvalue weighted by atomic mass is 9.89. The Morgan fingerprint density at radius 2 is 1.75 bits per heavy atom. The average molecular weight is 283 g/mol. The van der Waals surface area contributed by atoms with Gasteiger partial charge in [-0.3, -0.25) is 9.69 Å². The molecule has 0 radical (unpaired) electrons. The van der Waals surface area contributed by atoms with E-state index in [-0.39, 0.29) is 5.54 Å². The predicted octanol–water partition coefficient (Wildman–Crippen LogP) is 2.86. The van der Waals surface area contributed by atoms with Crippen LogP contribution in [0.15, 0.2) is 18.2 Å². The number of hydrogen-bond donors (Lipinski definition) is 1. The predicted molar refractivity (Wildman–Crippen MR) is 71.6 cm³/mol. The van der Waals surface area contributed by atoms with E-state index in [1.165, 1.54) is 12.1 Å². The number of rotatable bonds is 2. The highest BCUT2D eigenvalue weighted by molar-refractivity contribution is 5.72. The Kier molecular flexibility index (Phi) is 3.82. The summed E-state index contributed by atoms with van der Waals surface area (Å²) in [6.45, 7) is 6.88. The van der Waals surface area contributed by atoms with Crippen LogP contribution in [-0.2, 0) is 4.79 Å². The molecule has 0 aromatic heterocycles. The molecule has 110 valence electrons. The van der Waals surface area contributed by atoms with Crippen molar-refractivity contribution in [1.82, 2.24) is 4.90 Å². The Labute approximate surface area is 117 Å². The Balaban J connectivity index is 2.35. The molecule has 1 fully saturated rings. The molecule has 1 saturated heterocycles. The van der Waals surface area contributed by atoms with Gasteiger partial charge in [-0.1, -0.05) is 0 Å². The summed E-state index contributed by atoms with van der Waals surface area (Å²) in [5.74, 6) is -3.30. The van der Waals surface area contributed by atoms with Gasteiger partial charge in [0.25, 0.3) is 0 Å². The second kappa shape index (κ2) is 5.13. The summed E-state index contributed by atoms with van der Waals surface area (Å²) in [5.41, 5.74) is 0.246. The molecule has 20 heavy (non-hydrogen) atoms. The second-order valence-electron chi connectivity index (χ2n) is 6.33. The number of carboxylic acid groups (broad SMARTS) is 1. The van der Waals surface area contributed by atoms with Gasteiger partial charge in [0.05, 0.1) is 5.92 Å². The molecule has 1 aromatic rings. The van der Waals surface area contributed by atoms with Gasteiger partial charge in [0.1, 0.15) is 11.6 Å². The maximum Gasteiger partial charge on any atom is 0.308 e. The fourth-order valence-electron chi connectivity index (χ4n) is 2.73. The normalized spacial score (nSPS) is 24.1. The maximum atomic E-state index is 13.3. The van der Waals surface area contributed by atoms with E-state index in [9.17, 15) is 18.7 Å². The molecule has 3 nitrogen and oxygen atoms in total. The molecule has 0 unspecified atom stereocenters. The second-order valence-corrected chi connectivity index (χ2v) is 6.33. The first-order valence-electron chi connectivity index (χ1n) is 6.62. The van der Waals surface area contributed by atoms with Crippen LogP contribution in [0, 0.1) is 17.6 Å². The summed E-state index contributed by atoms with van der Waals surface area (Å²) >= 11 is 0. The van der Waals surface area contributed by atoms with Crippen LogP contribution < -0.4 is 0 Å². The average Bonchev–Trinajstić information content (AvgIpc) is 2.71. The molecule has 2 atom stereocenters. The van der Waals surface area contributed by atoms with Gasteiger partial charge in [0.2, 0.25) is 0 Å². The van der Waals surface area contributed by atoms with E-state index >= 15 is 0 Å². The molecular formula is C15H19F2NO2. The topological polar surface area (TPSA) is 40.5 Å². The minimum atomic E-state index is -0.925. The number of nitrogens with zero attached hydrogens (tertiary/aromatic N) is 1. The molecule has 1 heterocycles. The molecule has 0 aliphatic carbocycles. The van der Waals surface area contributed by atoms with E-state index in [2.05, 4.69) is 0 Å². The van der Waals surface area contributed by atoms with E-state index in [1.54, 1.807) is 0 Å². The van der Waals surface area contributed by atoms with E-state index < -0.39 is 29.4 Å². The molecular weight excluding hydrogens is 264 g/mol. The van der Waals surface area contributed by atoms with Crippen LogP contribution in [-0.4, -0.2) is 34.6 Å². The zero-order valence-electron chi connectivity index (χ0n) is 11.9. The lowest BCUT2D eigenvalue weighted by molar-refractivity contribution is -0.141. The van der Waals surface area contributed by atoms with Gasteiger partial charge in [0, 0.05) is 30.6 Å². The SMILES string of the molecule is CC(C)(C)N1C[C@H](C(=O)O)[C@@H](c2cc(F)cc(F)c2)C1. The molecule has 1 aliphatic heterocycles. The first-order valence-corrected chi connectivity index (χ1v) is 6.62. The summed E-state index contributed by atoms with van der Waals surface area (Å²) in [5, 5.41) is 9.35. The summed E-state index contributed by atoms with van der Waals surface area (Å²) in [6.07, 6.45) is 0. The molecule has 0 spiro atoms. The molecule has 1 N–H and O–H groups in total. The fourth-order valence-corrected chi connectivity index (χ4v) is 2.73. The van der Waals surface area contributed by atoms with Crippen molar-refractivity contribution in [3.05, 3.63) is 35.4 Å². The summed E-state index contributed by atoms with van der Waals surface area (Å²) in [6, 6.07) is 3.27. The zero-order valence-corrected chi connectivity index (χ0v) is 11.9. The van der Waals surface area contributed by atoms with Gasteiger partial charge in [-0.15, -0.1) is 0 Å². The minimum Gasteiger partial charge on any atom is -0.481 e. The molecule has 1 aromatic carbocycles. The third-order valence-corrected chi connectivity index (χ3v) is 3.90. The van der Waals surface area contributed by atoms with Gasteiger partial charge in [0.15, 0.2) is 0 Å². The Hall–Kier alpha value is -1.49. The van der Waals surface area contributed by atoms with Crippen molar-refractivity contribution in [3.63, 3.8) is 0 Å². The largest absolute Gasteiger partial charge is 0.481 e. The Morgan fingerprint density at radius 3 is 2.20 bits per heavy atom. The number of likely N-dealkylation sites (tertiary alicyclic amines) is 1. The van der Waals surface area contributed by atoms with Crippen LogP contribution in [0.3, 0.4) is 0 Å². The van der Waals surface area contributed by atoms with E-state index in [4.69, 9.17) is 0 Å². The summed E-state index contributed by atoms with van der Waals surface area (Å²) < 4.78 is 26.7. The zero-order chi connectivity index (χ0) is 15.1. The standard InChI is InChI=1S/C15H19F2NO2/c1-15(2,3)18-7-12(13(8-18)14(19)20)9-4-10(16)6-11(17)5-9/h4-6,12-13H,7-8H2,1-3H3,(H,19,20)/t12-,13+/m1/s1. The lowest BCUT2D eigenvalue weighted by Crippen LogP contribution is -2.40. The summed E-state index contributed by atoms with van der Waals surface area (Å²) in [4.78, 5) is 13.5. The van der Waals surface area contributed by atoms with Crippen LogP contribution >= 0.6 is 0 Å².